The fraction of sp³-hybridized carbons (Fsp3) is 0.429. The lowest BCUT2D eigenvalue weighted by Gasteiger charge is -2.20. The Labute approximate surface area is 111 Å². The van der Waals surface area contributed by atoms with Gasteiger partial charge in [-0.15, -0.1) is 0 Å². The summed E-state index contributed by atoms with van der Waals surface area (Å²) in [6, 6.07) is 6.47. The molecular formula is C14H17NO4. The largest absolute Gasteiger partial charge is 0.508 e. The maximum Gasteiger partial charge on any atom is 0.323 e. The summed E-state index contributed by atoms with van der Waals surface area (Å²) in [6.07, 6.45) is 2.25. The number of aliphatic carboxylic acids is 1. The van der Waals surface area contributed by atoms with Crippen molar-refractivity contribution in [3.05, 3.63) is 29.8 Å². The predicted octanol–water partition coefficient (Wildman–Crippen LogP) is 1.26. The molecule has 0 unspecified atom stereocenters. The van der Waals surface area contributed by atoms with Gasteiger partial charge in [-0.3, -0.25) is 9.59 Å². The van der Waals surface area contributed by atoms with Gasteiger partial charge in [0.2, 0.25) is 5.91 Å². The average molecular weight is 263 g/mol. The van der Waals surface area contributed by atoms with Crippen molar-refractivity contribution in [3.8, 4) is 5.75 Å². The molecule has 1 aliphatic rings. The van der Waals surface area contributed by atoms with Gasteiger partial charge in [-0.25, -0.2) is 0 Å². The number of nitrogens with zero attached hydrogens (tertiary/aromatic N) is 1. The highest BCUT2D eigenvalue weighted by atomic mass is 16.4. The van der Waals surface area contributed by atoms with Gasteiger partial charge in [0.25, 0.3) is 0 Å². The normalized spacial score (nSPS) is 14.1. The summed E-state index contributed by atoms with van der Waals surface area (Å²) in [5, 5.41) is 18.2. The molecule has 2 N–H and O–H groups in total. The lowest BCUT2D eigenvalue weighted by molar-refractivity contribution is -0.144. The molecule has 0 saturated heterocycles. The molecule has 0 aromatic heterocycles. The first kappa shape index (κ1) is 13.4. The van der Waals surface area contributed by atoms with Crippen LogP contribution in [0.5, 0.6) is 5.75 Å². The molecule has 1 fully saturated rings. The molecule has 5 nitrogen and oxygen atoms in total. The highest BCUT2D eigenvalue weighted by molar-refractivity contribution is 5.83. The minimum Gasteiger partial charge on any atom is -0.508 e. The third-order valence-electron chi connectivity index (χ3n) is 3.12. The van der Waals surface area contributed by atoms with Crippen LogP contribution in [0.15, 0.2) is 24.3 Å². The van der Waals surface area contributed by atoms with Crippen LogP contribution >= 0.6 is 0 Å². The number of phenols is 1. The Morgan fingerprint density at radius 2 is 2.05 bits per heavy atom. The van der Waals surface area contributed by atoms with E-state index >= 15 is 0 Å². The summed E-state index contributed by atoms with van der Waals surface area (Å²) in [7, 11) is 0. The second kappa shape index (κ2) is 5.73. The van der Waals surface area contributed by atoms with Crippen LogP contribution < -0.4 is 0 Å². The highest BCUT2D eigenvalue weighted by Crippen LogP contribution is 2.29. The Morgan fingerprint density at radius 1 is 1.32 bits per heavy atom. The third kappa shape index (κ3) is 4.28. The third-order valence-corrected chi connectivity index (χ3v) is 3.12. The van der Waals surface area contributed by atoms with E-state index in [1.54, 1.807) is 12.1 Å². The standard InChI is InChI=1S/C14H17NO4/c16-12-3-1-2-11(6-12)7-13(17)15(9-14(18)19)8-10-4-5-10/h1-3,6,10,16H,4-5,7-9H2,(H,18,19). The lowest BCUT2D eigenvalue weighted by atomic mass is 10.1. The SMILES string of the molecule is O=C(O)CN(CC1CC1)C(=O)Cc1cccc(O)c1. The van der Waals surface area contributed by atoms with Crippen LogP contribution in [0.2, 0.25) is 0 Å². The number of hydrogen-bond acceptors (Lipinski definition) is 3. The molecule has 19 heavy (non-hydrogen) atoms. The fourth-order valence-corrected chi connectivity index (χ4v) is 1.98. The summed E-state index contributed by atoms with van der Waals surface area (Å²) < 4.78 is 0. The van der Waals surface area contributed by atoms with E-state index in [-0.39, 0.29) is 24.6 Å². The first-order valence-electron chi connectivity index (χ1n) is 6.32. The second-order valence-electron chi connectivity index (χ2n) is 4.96. The molecule has 0 aliphatic heterocycles. The Bertz CT molecular complexity index is 482. The molecular weight excluding hydrogens is 246 g/mol. The minimum absolute atomic E-state index is 0.109. The summed E-state index contributed by atoms with van der Waals surface area (Å²) in [5.74, 6) is -0.644. The molecule has 1 aliphatic carbocycles. The number of benzene rings is 1. The second-order valence-corrected chi connectivity index (χ2v) is 4.96. The van der Waals surface area contributed by atoms with E-state index in [0.717, 1.165) is 12.8 Å². The molecule has 0 spiro atoms. The molecule has 5 heteroatoms. The smallest absolute Gasteiger partial charge is 0.323 e. The van der Waals surface area contributed by atoms with Crippen molar-refractivity contribution in [2.45, 2.75) is 19.3 Å². The van der Waals surface area contributed by atoms with E-state index < -0.39 is 5.97 Å². The number of carboxylic acids is 1. The van der Waals surface area contributed by atoms with Gasteiger partial charge in [-0.1, -0.05) is 12.1 Å². The Hall–Kier alpha value is -2.04. The van der Waals surface area contributed by atoms with E-state index in [4.69, 9.17) is 5.11 Å². The number of aromatic hydroxyl groups is 1. The quantitative estimate of drug-likeness (QED) is 0.810. The molecule has 1 saturated carbocycles. The Morgan fingerprint density at radius 3 is 2.63 bits per heavy atom. The number of carbonyl (C=O) groups excluding carboxylic acids is 1. The number of hydrogen-bond donors (Lipinski definition) is 2. The maximum absolute atomic E-state index is 12.1. The fourth-order valence-electron chi connectivity index (χ4n) is 1.98. The number of amides is 1. The minimum atomic E-state index is -0.995. The van der Waals surface area contributed by atoms with Crippen LogP contribution in [0, 0.1) is 5.92 Å². The van der Waals surface area contributed by atoms with Crippen molar-refractivity contribution in [1.29, 1.82) is 0 Å². The van der Waals surface area contributed by atoms with Crippen LogP contribution in [0.3, 0.4) is 0 Å². The lowest BCUT2D eigenvalue weighted by Crippen LogP contribution is -2.38. The summed E-state index contributed by atoms with van der Waals surface area (Å²) in [4.78, 5) is 24.3. The van der Waals surface area contributed by atoms with E-state index in [1.165, 1.54) is 17.0 Å². The molecule has 0 atom stereocenters. The van der Waals surface area contributed by atoms with Gasteiger partial charge < -0.3 is 15.1 Å². The van der Waals surface area contributed by atoms with E-state index in [0.29, 0.717) is 18.0 Å². The average Bonchev–Trinajstić information content (AvgIpc) is 3.11. The van der Waals surface area contributed by atoms with E-state index in [9.17, 15) is 14.7 Å². The predicted molar refractivity (Wildman–Crippen MR) is 68.8 cm³/mol. The molecule has 0 bridgehead atoms. The van der Waals surface area contributed by atoms with Crippen molar-refractivity contribution in [2.75, 3.05) is 13.1 Å². The van der Waals surface area contributed by atoms with Gasteiger partial charge in [-0.2, -0.15) is 0 Å². The summed E-state index contributed by atoms with van der Waals surface area (Å²) >= 11 is 0. The number of carboxylic acid groups (broad SMARTS) is 1. The van der Waals surface area contributed by atoms with Crippen molar-refractivity contribution in [2.24, 2.45) is 5.92 Å². The van der Waals surface area contributed by atoms with Crippen molar-refractivity contribution in [3.63, 3.8) is 0 Å². The van der Waals surface area contributed by atoms with Crippen LogP contribution in [0.1, 0.15) is 18.4 Å². The van der Waals surface area contributed by atoms with Crippen LogP contribution in [-0.4, -0.2) is 40.1 Å². The molecule has 2 rings (SSSR count). The van der Waals surface area contributed by atoms with Gasteiger partial charge in [0.05, 0.1) is 6.42 Å². The monoisotopic (exact) mass is 263 g/mol. The molecule has 1 aromatic carbocycles. The van der Waals surface area contributed by atoms with Gasteiger partial charge in [0.1, 0.15) is 12.3 Å². The van der Waals surface area contributed by atoms with E-state index in [2.05, 4.69) is 0 Å². The number of carbonyl (C=O) groups is 2. The Balaban J connectivity index is 1.99. The first-order valence-corrected chi connectivity index (χ1v) is 6.32. The first-order chi connectivity index (χ1) is 9.04. The molecule has 1 amide bonds. The molecule has 1 aromatic rings. The van der Waals surface area contributed by atoms with Crippen molar-refractivity contribution >= 4 is 11.9 Å². The van der Waals surface area contributed by atoms with Gasteiger partial charge in [-0.05, 0) is 36.5 Å². The Kier molecular flexibility index (Phi) is 4.04. The van der Waals surface area contributed by atoms with Gasteiger partial charge in [0, 0.05) is 6.54 Å². The summed E-state index contributed by atoms with van der Waals surface area (Å²) in [5.41, 5.74) is 0.691. The van der Waals surface area contributed by atoms with Crippen molar-refractivity contribution < 1.29 is 19.8 Å². The molecule has 102 valence electrons. The summed E-state index contributed by atoms with van der Waals surface area (Å²) in [6.45, 7) is 0.262. The van der Waals surface area contributed by atoms with Gasteiger partial charge in [0.15, 0.2) is 0 Å². The zero-order valence-corrected chi connectivity index (χ0v) is 10.6. The highest BCUT2D eigenvalue weighted by Gasteiger charge is 2.27. The topological polar surface area (TPSA) is 77.8 Å². The molecule has 0 heterocycles. The zero-order valence-electron chi connectivity index (χ0n) is 10.6. The zero-order chi connectivity index (χ0) is 13.8. The maximum atomic E-state index is 12.1. The van der Waals surface area contributed by atoms with Crippen LogP contribution in [0.4, 0.5) is 0 Å². The number of phenolic OH excluding ortho intramolecular Hbond substituents is 1. The van der Waals surface area contributed by atoms with Crippen molar-refractivity contribution in [1.82, 2.24) is 4.90 Å². The number of rotatable bonds is 6. The molecule has 0 radical (unpaired) electrons. The van der Waals surface area contributed by atoms with E-state index in [1.807, 2.05) is 0 Å². The van der Waals surface area contributed by atoms with Gasteiger partial charge >= 0.3 is 5.97 Å². The van der Waals surface area contributed by atoms with Crippen LogP contribution in [0.25, 0.3) is 0 Å². The van der Waals surface area contributed by atoms with Crippen LogP contribution in [-0.2, 0) is 16.0 Å².